The Hall–Kier alpha value is -1.07. The van der Waals surface area contributed by atoms with E-state index in [9.17, 15) is 0 Å². The Morgan fingerprint density at radius 2 is 2.27 bits per heavy atom. The van der Waals surface area contributed by atoms with Gasteiger partial charge in [-0.3, -0.25) is 4.99 Å². The normalized spacial score (nSPS) is 23.4. The van der Waals surface area contributed by atoms with Crippen molar-refractivity contribution in [1.82, 2.24) is 10.6 Å². The molecule has 1 unspecified atom stereocenters. The van der Waals surface area contributed by atoms with Crippen molar-refractivity contribution in [2.24, 2.45) is 10.9 Å². The zero-order valence-corrected chi connectivity index (χ0v) is 14.7. The number of nitrogens with zero attached hydrogens (tertiary/aromatic N) is 1. The van der Waals surface area contributed by atoms with E-state index in [2.05, 4.69) is 55.8 Å². The predicted molar refractivity (Wildman–Crippen MR) is 93.3 cm³/mol. The number of ether oxygens (including phenoxy) is 1. The van der Waals surface area contributed by atoms with Crippen LogP contribution in [0.2, 0.25) is 0 Å². The van der Waals surface area contributed by atoms with E-state index in [0.29, 0.717) is 5.92 Å². The van der Waals surface area contributed by atoms with Crippen LogP contribution in [0.1, 0.15) is 24.8 Å². The fourth-order valence-corrected chi connectivity index (χ4v) is 3.39. The first-order chi connectivity index (χ1) is 10.7. The molecule has 2 aliphatic rings. The molecule has 120 valence electrons. The van der Waals surface area contributed by atoms with E-state index in [4.69, 9.17) is 4.74 Å². The van der Waals surface area contributed by atoms with Crippen molar-refractivity contribution in [2.45, 2.75) is 24.7 Å². The monoisotopic (exact) mass is 365 g/mol. The number of nitrogens with one attached hydrogen (secondary N) is 2. The lowest BCUT2D eigenvalue weighted by Gasteiger charge is -2.20. The summed E-state index contributed by atoms with van der Waals surface area (Å²) in [5.41, 5.74) is 1.69. The van der Waals surface area contributed by atoms with Gasteiger partial charge in [0.15, 0.2) is 5.96 Å². The van der Waals surface area contributed by atoms with Crippen LogP contribution in [0.4, 0.5) is 0 Å². The van der Waals surface area contributed by atoms with E-state index in [1.165, 1.54) is 18.4 Å². The minimum Gasteiger partial charge on any atom is -0.381 e. The minimum absolute atomic E-state index is 0.276. The van der Waals surface area contributed by atoms with Crippen molar-refractivity contribution < 1.29 is 4.74 Å². The Morgan fingerprint density at radius 1 is 1.41 bits per heavy atom. The SMILES string of the molecule is CN=C(NCC1CCOC1)NCC1(c2cccc(Br)c2)CC1. The first-order valence-electron chi connectivity index (χ1n) is 8.00. The average Bonchev–Trinajstić information content (AvgIpc) is 3.14. The van der Waals surface area contributed by atoms with Gasteiger partial charge in [0.25, 0.3) is 0 Å². The molecule has 0 bridgehead atoms. The minimum atomic E-state index is 0.276. The maximum absolute atomic E-state index is 5.41. The fourth-order valence-electron chi connectivity index (χ4n) is 3.00. The average molecular weight is 366 g/mol. The zero-order chi connectivity index (χ0) is 15.4. The zero-order valence-electron chi connectivity index (χ0n) is 13.1. The molecule has 0 aromatic heterocycles. The molecule has 1 heterocycles. The smallest absolute Gasteiger partial charge is 0.191 e. The summed E-state index contributed by atoms with van der Waals surface area (Å²) in [6.45, 7) is 3.63. The van der Waals surface area contributed by atoms with E-state index in [0.717, 1.165) is 43.2 Å². The van der Waals surface area contributed by atoms with Crippen LogP contribution < -0.4 is 10.6 Å². The highest BCUT2D eigenvalue weighted by Crippen LogP contribution is 2.48. The van der Waals surface area contributed by atoms with Crippen molar-refractivity contribution in [1.29, 1.82) is 0 Å². The first kappa shape index (κ1) is 15.8. The number of halogens is 1. The maximum Gasteiger partial charge on any atom is 0.191 e. The van der Waals surface area contributed by atoms with Crippen LogP contribution in [0.15, 0.2) is 33.7 Å². The van der Waals surface area contributed by atoms with Crippen LogP contribution in [0.3, 0.4) is 0 Å². The number of guanidine groups is 1. The molecule has 1 saturated carbocycles. The third-order valence-electron chi connectivity index (χ3n) is 4.69. The maximum atomic E-state index is 5.41. The van der Waals surface area contributed by atoms with Crippen LogP contribution in [-0.2, 0) is 10.2 Å². The van der Waals surface area contributed by atoms with E-state index in [-0.39, 0.29) is 5.41 Å². The predicted octanol–water partition coefficient (Wildman–Crippen LogP) is 2.68. The summed E-state index contributed by atoms with van der Waals surface area (Å²) in [6.07, 6.45) is 3.62. The summed E-state index contributed by atoms with van der Waals surface area (Å²) in [4.78, 5) is 4.34. The van der Waals surface area contributed by atoms with E-state index >= 15 is 0 Å². The quantitative estimate of drug-likeness (QED) is 0.622. The fraction of sp³-hybridized carbons (Fsp3) is 0.588. The first-order valence-corrected chi connectivity index (χ1v) is 8.79. The second-order valence-electron chi connectivity index (χ2n) is 6.33. The van der Waals surface area contributed by atoms with Gasteiger partial charge < -0.3 is 15.4 Å². The van der Waals surface area contributed by atoms with E-state index in [1.807, 2.05) is 7.05 Å². The lowest BCUT2D eigenvalue weighted by molar-refractivity contribution is 0.186. The molecule has 1 aromatic rings. The van der Waals surface area contributed by atoms with Gasteiger partial charge in [-0.15, -0.1) is 0 Å². The molecule has 1 aliphatic heterocycles. The molecule has 1 saturated heterocycles. The highest BCUT2D eigenvalue weighted by molar-refractivity contribution is 9.10. The second-order valence-corrected chi connectivity index (χ2v) is 7.24. The molecule has 0 amide bonds. The van der Waals surface area contributed by atoms with Gasteiger partial charge in [0, 0.05) is 42.5 Å². The van der Waals surface area contributed by atoms with Gasteiger partial charge in [-0.1, -0.05) is 28.1 Å². The third-order valence-corrected chi connectivity index (χ3v) is 5.18. The summed E-state index contributed by atoms with van der Waals surface area (Å²) in [5.74, 6) is 1.51. The van der Waals surface area contributed by atoms with Crippen molar-refractivity contribution in [3.63, 3.8) is 0 Å². The highest BCUT2D eigenvalue weighted by Gasteiger charge is 2.44. The Morgan fingerprint density at radius 3 is 2.91 bits per heavy atom. The van der Waals surface area contributed by atoms with Gasteiger partial charge in [-0.05, 0) is 37.0 Å². The Bertz CT molecular complexity index is 536. The van der Waals surface area contributed by atoms with Crippen molar-refractivity contribution in [3.05, 3.63) is 34.3 Å². The number of hydrogen-bond acceptors (Lipinski definition) is 2. The second kappa shape index (κ2) is 7.01. The highest BCUT2D eigenvalue weighted by atomic mass is 79.9. The van der Waals surface area contributed by atoms with Gasteiger partial charge in [0.1, 0.15) is 0 Å². The third kappa shape index (κ3) is 3.82. The molecule has 3 rings (SSSR count). The molecule has 2 N–H and O–H groups in total. The summed E-state index contributed by atoms with van der Waals surface area (Å²) >= 11 is 3.57. The van der Waals surface area contributed by atoms with Crippen molar-refractivity contribution in [3.8, 4) is 0 Å². The van der Waals surface area contributed by atoms with Gasteiger partial charge in [-0.25, -0.2) is 0 Å². The van der Waals surface area contributed by atoms with Gasteiger partial charge in [0.05, 0.1) is 6.61 Å². The van der Waals surface area contributed by atoms with Crippen LogP contribution in [0.25, 0.3) is 0 Å². The summed E-state index contributed by atoms with van der Waals surface area (Å²) < 4.78 is 6.56. The van der Waals surface area contributed by atoms with Crippen molar-refractivity contribution in [2.75, 3.05) is 33.4 Å². The summed E-state index contributed by atoms with van der Waals surface area (Å²) in [7, 11) is 1.83. The van der Waals surface area contributed by atoms with Crippen molar-refractivity contribution >= 4 is 21.9 Å². The topological polar surface area (TPSA) is 45.7 Å². The molecular weight excluding hydrogens is 342 g/mol. The Labute approximate surface area is 140 Å². The molecule has 2 fully saturated rings. The molecule has 0 spiro atoms. The molecule has 1 aromatic carbocycles. The standard InChI is InChI=1S/C17H24BrN3O/c1-19-16(20-10-13-5-8-22-11-13)21-12-17(6-7-17)14-3-2-4-15(18)9-14/h2-4,9,13H,5-8,10-12H2,1H3,(H2,19,20,21). The van der Waals surface area contributed by atoms with Gasteiger partial charge in [0.2, 0.25) is 0 Å². The Balaban J connectivity index is 1.52. The number of benzene rings is 1. The van der Waals surface area contributed by atoms with E-state index < -0.39 is 0 Å². The largest absolute Gasteiger partial charge is 0.381 e. The summed E-state index contributed by atoms with van der Waals surface area (Å²) in [6, 6.07) is 8.66. The number of rotatable bonds is 5. The van der Waals surface area contributed by atoms with Crippen LogP contribution in [0.5, 0.6) is 0 Å². The van der Waals surface area contributed by atoms with Gasteiger partial charge in [-0.2, -0.15) is 0 Å². The molecule has 1 aliphatic carbocycles. The molecule has 22 heavy (non-hydrogen) atoms. The molecule has 5 heteroatoms. The molecule has 0 radical (unpaired) electrons. The molecular formula is C17H24BrN3O. The van der Waals surface area contributed by atoms with Crippen LogP contribution >= 0.6 is 15.9 Å². The van der Waals surface area contributed by atoms with Gasteiger partial charge >= 0.3 is 0 Å². The lowest BCUT2D eigenvalue weighted by atomic mass is 9.96. The molecule has 4 nitrogen and oxygen atoms in total. The van der Waals surface area contributed by atoms with Crippen LogP contribution in [-0.4, -0.2) is 39.3 Å². The van der Waals surface area contributed by atoms with Crippen LogP contribution in [0, 0.1) is 5.92 Å². The summed E-state index contributed by atoms with van der Waals surface area (Å²) in [5, 5.41) is 6.92. The lowest BCUT2D eigenvalue weighted by Crippen LogP contribution is -2.43. The Kier molecular flexibility index (Phi) is 5.03. The molecule has 1 atom stereocenters. The number of hydrogen-bond donors (Lipinski definition) is 2. The number of aliphatic imine (C=N–C) groups is 1. The van der Waals surface area contributed by atoms with E-state index in [1.54, 1.807) is 0 Å².